The van der Waals surface area contributed by atoms with Crippen LogP contribution in [-0.2, 0) is 12.8 Å². The molecule has 3 heteroatoms. The molecule has 0 aliphatic carbocycles. The Labute approximate surface area is 126 Å². The van der Waals surface area contributed by atoms with Crippen molar-refractivity contribution in [1.29, 1.82) is 0 Å². The lowest BCUT2D eigenvalue weighted by atomic mass is 9.94. The molecule has 0 aliphatic heterocycles. The first kappa shape index (κ1) is 14.5. The van der Waals surface area contributed by atoms with Gasteiger partial charge < -0.3 is 0 Å². The molecule has 0 bridgehead atoms. The first-order valence-electron chi connectivity index (χ1n) is 6.23. The van der Waals surface area contributed by atoms with E-state index in [-0.39, 0.29) is 5.82 Å². The molecule has 0 aliphatic rings. The van der Waals surface area contributed by atoms with E-state index < -0.39 is 0 Å². The predicted octanol–water partition coefficient (Wildman–Crippen LogP) is 5.23. The number of hydrogen-bond acceptors (Lipinski definition) is 0. The minimum absolute atomic E-state index is 0.217. The zero-order valence-corrected chi connectivity index (χ0v) is 12.8. The minimum atomic E-state index is -0.217. The lowest BCUT2D eigenvalue weighted by Crippen LogP contribution is -2.10. The van der Waals surface area contributed by atoms with Crippen molar-refractivity contribution in [2.45, 2.75) is 12.8 Å². The third kappa shape index (κ3) is 4.05. The van der Waals surface area contributed by atoms with Crippen LogP contribution in [0.4, 0.5) is 4.39 Å². The third-order valence-corrected chi connectivity index (χ3v) is 4.45. The van der Waals surface area contributed by atoms with Gasteiger partial charge in [0.05, 0.1) is 4.47 Å². The minimum Gasteiger partial charge on any atom is -0.206 e. The first-order chi connectivity index (χ1) is 9.20. The molecule has 0 saturated carbocycles. The van der Waals surface area contributed by atoms with Gasteiger partial charge in [0.25, 0.3) is 0 Å². The summed E-state index contributed by atoms with van der Waals surface area (Å²) in [4.78, 5) is 0. The molecule has 0 saturated heterocycles. The summed E-state index contributed by atoms with van der Waals surface area (Å²) < 4.78 is 14.0. The van der Waals surface area contributed by atoms with E-state index in [9.17, 15) is 4.39 Å². The first-order valence-corrected chi connectivity index (χ1v) is 7.56. The van der Waals surface area contributed by atoms with E-state index in [1.807, 2.05) is 24.3 Å². The van der Waals surface area contributed by atoms with Gasteiger partial charge in [-0.2, -0.15) is 0 Å². The van der Waals surface area contributed by atoms with Crippen molar-refractivity contribution in [2.24, 2.45) is 5.92 Å². The van der Waals surface area contributed by atoms with Crippen LogP contribution in [0.1, 0.15) is 11.1 Å². The van der Waals surface area contributed by atoms with Crippen molar-refractivity contribution >= 4 is 27.5 Å². The van der Waals surface area contributed by atoms with Crippen molar-refractivity contribution in [2.75, 3.05) is 5.88 Å². The molecule has 19 heavy (non-hydrogen) atoms. The van der Waals surface area contributed by atoms with Gasteiger partial charge in [0, 0.05) is 5.88 Å². The molecule has 100 valence electrons. The topological polar surface area (TPSA) is 0 Å². The highest BCUT2D eigenvalue weighted by molar-refractivity contribution is 9.10. The largest absolute Gasteiger partial charge is 0.206 e. The van der Waals surface area contributed by atoms with Crippen LogP contribution < -0.4 is 0 Å². The molecular formula is C16H15BrClF. The van der Waals surface area contributed by atoms with Gasteiger partial charge in [-0.15, -0.1) is 11.6 Å². The lowest BCUT2D eigenvalue weighted by molar-refractivity contribution is 0.573. The summed E-state index contributed by atoms with van der Waals surface area (Å²) in [5, 5.41) is 0. The van der Waals surface area contributed by atoms with Crippen LogP contribution in [0.2, 0.25) is 0 Å². The maximum Gasteiger partial charge on any atom is 0.137 e. The summed E-state index contributed by atoms with van der Waals surface area (Å²) in [6.07, 6.45) is 1.68. The molecular weight excluding hydrogens is 327 g/mol. The zero-order valence-electron chi connectivity index (χ0n) is 10.5. The average molecular weight is 342 g/mol. The van der Waals surface area contributed by atoms with Gasteiger partial charge in [-0.3, -0.25) is 0 Å². The maximum atomic E-state index is 13.5. The summed E-state index contributed by atoms with van der Waals surface area (Å²) in [6.45, 7) is 0. The summed E-state index contributed by atoms with van der Waals surface area (Å²) in [5.41, 5.74) is 2.24. The summed E-state index contributed by atoms with van der Waals surface area (Å²) >= 11 is 9.36. The lowest BCUT2D eigenvalue weighted by Gasteiger charge is -2.15. The third-order valence-electron chi connectivity index (χ3n) is 3.13. The van der Waals surface area contributed by atoms with Gasteiger partial charge in [-0.05, 0) is 51.9 Å². The molecule has 0 N–H and O–H groups in total. The highest BCUT2D eigenvalue weighted by Crippen LogP contribution is 2.25. The van der Waals surface area contributed by atoms with Crippen LogP contribution in [0.5, 0.6) is 0 Å². The van der Waals surface area contributed by atoms with Gasteiger partial charge in [0.2, 0.25) is 0 Å². The number of rotatable bonds is 5. The number of benzene rings is 2. The molecule has 2 rings (SSSR count). The van der Waals surface area contributed by atoms with E-state index in [4.69, 9.17) is 11.6 Å². The van der Waals surface area contributed by atoms with E-state index in [1.165, 1.54) is 11.6 Å². The second kappa shape index (κ2) is 7.06. The van der Waals surface area contributed by atoms with Crippen LogP contribution in [0.3, 0.4) is 0 Å². The zero-order chi connectivity index (χ0) is 13.7. The fourth-order valence-corrected chi connectivity index (χ4v) is 2.79. The predicted molar refractivity (Wildman–Crippen MR) is 82.2 cm³/mol. The normalized spacial score (nSPS) is 12.4. The Morgan fingerprint density at radius 3 is 2.42 bits per heavy atom. The van der Waals surface area contributed by atoms with Crippen LogP contribution in [0.25, 0.3) is 0 Å². The Hall–Kier alpha value is -0.860. The van der Waals surface area contributed by atoms with Crippen LogP contribution in [0.15, 0.2) is 53.0 Å². The Morgan fingerprint density at radius 2 is 1.74 bits per heavy atom. The van der Waals surface area contributed by atoms with Gasteiger partial charge in [0.1, 0.15) is 5.82 Å². The fraction of sp³-hybridized carbons (Fsp3) is 0.250. The molecule has 0 heterocycles. The second-order valence-electron chi connectivity index (χ2n) is 4.63. The molecule has 2 aromatic rings. The van der Waals surface area contributed by atoms with Crippen molar-refractivity contribution < 1.29 is 4.39 Å². The van der Waals surface area contributed by atoms with E-state index in [2.05, 4.69) is 28.1 Å². The number of halogens is 3. The quantitative estimate of drug-likeness (QED) is 0.653. The molecule has 0 fully saturated rings. The van der Waals surface area contributed by atoms with Crippen molar-refractivity contribution in [3.8, 4) is 0 Å². The molecule has 0 amide bonds. The standard InChI is InChI=1S/C16H15BrClF/c17-16-14(7-4-8-15(16)19)10-13(11-18)9-12-5-2-1-3-6-12/h1-8,13H,9-11H2. The Balaban J connectivity index is 2.09. The van der Waals surface area contributed by atoms with Crippen LogP contribution in [0, 0.1) is 11.7 Å². The van der Waals surface area contributed by atoms with E-state index in [0.29, 0.717) is 16.3 Å². The monoisotopic (exact) mass is 340 g/mol. The Kier molecular flexibility index (Phi) is 5.41. The highest BCUT2D eigenvalue weighted by atomic mass is 79.9. The van der Waals surface area contributed by atoms with Crippen molar-refractivity contribution in [3.05, 3.63) is 69.9 Å². The molecule has 2 aromatic carbocycles. The molecule has 0 radical (unpaired) electrons. The van der Waals surface area contributed by atoms with Crippen molar-refractivity contribution in [3.63, 3.8) is 0 Å². The molecule has 1 atom stereocenters. The van der Waals surface area contributed by atoms with Crippen molar-refractivity contribution in [1.82, 2.24) is 0 Å². The van der Waals surface area contributed by atoms with Gasteiger partial charge in [-0.25, -0.2) is 4.39 Å². The number of alkyl halides is 1. The molecule has 0 nitrogen and oxygen atoms in total. The Bertz CT molecular complexity index is 528. The fourth-order valence-electron chi connectivity index (χ4n) is 2.15. The van der Waals surface area contributed by atoms with E-state index >= 15 is 0 Å². The smallest absolute Gasteiger partial charge is 0.137 e. The molecule has 1 unspecified atom stereocenters. The van der Waals surface area contributed by atoms with Gasteiger partial charge in [0.15, 0.2) is 0 Å². The Morgan fingerprint density at radius 1 is 1.00 bits per heavy atom. The second-order valence-corrected chi connectivity index (χ2v) is 5.73. The van der Waals surface area contributed by atoms with Crippen LogP contribution >= 0.6 is 27.5 Å². The number of hydrogen-bond donors (Lipinski definition) is 0. The maximum absolute atomic E-state index is 13.5. The molecule has 0 aromatic heterocycles. The van der Waals surface area contributed by atoms with Gasteiger partial charge in [-0.1, -0.05) is 42.5 Å². The van der Waals surface area contributed by atoms with Gasteiger partial charge >= 0.3 is 0 Å². The average Bonchev–Trinajstić information content (AvgIpc) is 2.44. The van der Waals surface area contributed by atoms with Crippen LogP contribution in [-0.4, -0.2) is 5.88 Å². The molecule has 0 spiro atoms. The van der Waals surface area contributed by atoms with E-state index in [1.54, 1.807) is 6.07 Å². The van der Waals surface area contributed by atoms with E-state index in [0.717, 1.165) is 18.4 Å². The summed E-state index contributed by atoms with van der Waals surface area (Å²) in [7, 11) is 0. The highest BCUT2D eigenvalue weighted by Gasteiger charge is 2.13. The summed E-state index contributed by atoms with van der Waals surface area (Å²) in [5.74, 6) is 0.658. The summed E-state index contributed by atoms with van der Waals surface area (Å²) in [6, 6.07) is 15.4. The SMILES string of the molecule is Fc1cccc(CC(CCl)Cc2ccccc2)c1Br.